The Morgan fingerprint density at radius 2 is 1.72 bits per heavy atom. The van der Waals surface area contributed by atoms with Gasteiger partial charge in [0.15, 0.2) is 0 Å². The van der Waals surface area contributed by atoms with Crippen LogP contribution in [0.3, 0.4) is 0 Å². The number of rotatable bonds is 8. The van der Waals surface area contributed by atoms with Crippen LogP contribution in [-0.2, 0) is 31.0 Å². The summed E-state index contributed by atoms with van der Waals surface area (Å²) in [6.45, 7) is 2.59. The van der Waals surface area contributed by atoms with Gasteiger partial charge in [-0.25, -0.2) is 13.9 Å². The van der Waals surface area contributed by atoms with Crippen molar-refractivity contribution in [3.63, 3.8) is 0 Å². The monoisotopic (exact) mass is 457 g/mol. The Bertz CT molecular complexity index is 1160. The lowest BCUT2D eigenvalue weighted by Crippen LogP contribution is -2.37. The summed E-state index contributed by atoms with van der Waals surface area (Å²) in [5.41, 5.74) is 3.59. The molecule has 2 aromatic rings. The van der Waals surface area contributed by atoms with Crippen LogP contribution in [0.4, 0.5) is 5.69 Å². The second-order valence-electron chi connectivity index (χ2n) is 7.40. The smallest absolute Gasteiger partial charge is 0.311 e. The molecule has 9 nitrogen and oxygen atoms in total. The van der Waals surface area contributed by atoms with Gasteiger partial charge in [-0.1, -0.05) is 35.9 Å². The van der Waals surface area contributed by atoms with Gasteiger partial charge in [0, 0.05) is 30.8 Å². The molecule has 2 amide bonds. The number of hydrogen-bond donors (Lipinski definition) is 3. The second-order valence-corrected chi connectivity index (χ2v) is 9.08. The summed E-state index contributed by atoms with van der Waals surface area (Å²) in [7, 11) is -3.71. The van der Waals surface area contributed by atoms with Crippen molar-refractivity contribution < 1.29 is 28.0 Å². The van der Waals surface area contributed by atoms with Crippen LogP contribution in [0.25, 0.3) is 0 Å². The average Bonchev–Trinajstić information content (AvgIpc) is 2.77. The van der Waals surface area contributed by atoms with Gasteiger partial charge < -0.3 is 4.90 Å². The highest BCUT2D eigenvalue weighted by Gasteiger charge is 2.26. The molecule has 3 N–H and O–H groups in total. The SMILES string of the molecule is Cc1ccc(S(=O)(=O)Nc2ccc(CN3CCC=C(CC(=O)C(=O)NO)C3=O)cc2)cc1. The van der Waals surface area contributed by atoms with E-state index in [-0.39, 0.29) is 29.3 Å². The van der Waals surface area contributed by atoms with Crippen LogP contribution in [0.2, 0.25) is 0 Å². The third kappa shape index (κ3) is 5.59. The number of benzene rings is 2. The summed E-state index contributed by atoms with van der Waals surface area (Å²) in [5.74, 6) is -2.43. The van der Waals surface area contributed by atoms with Crippen molar-refractivity contribution in [1.82, 2.24) is 10.4 Å². The van der Waals surface area contributed by atoms with Gasteiger partial charge in [-0.05, 0) is 43.2 Å². The van der Waals surface area contributed by atoms with Crippen molar-refractivity contribution in [3.8, 4) is 0 Å². The molecule has 0 unspecified atom stereocenters. The van der Waals surface area contributed by atoms with Crippen molar-refractivity contribution in [2.75, 3.05) is 11.3 Å². The summed E-state index contributed by atoms with van der Waals surface area (Å²) >= 11 is 0. The minimum absolute atomic E-state index is 0.162. The number of aryl methyl sites for hydroxylation is 1. The lowest BCUT2D eigenvalue weighted by atomic mass is 10.0. The van der Waals surface area contributed by atoms with E-state index in [0.29, 0.717) is 18.7 Å². The molecule has 2 aromatic carbocycles. The Labute approximate surface area is 185 Å². The van der Waals surface area contributed by atoms with Gasteiger partial charge in [0.05, 0.1) is 4.90 Å². The third-order valence-corrected chi connectivity index (χ3v) is 6.37. The number of hydrogen-bond acceptors (Lipinski definition) is 6. The number of anilines is 1. The van der Waals surface area contributed by atoms with E-state index in [1.165, 1.54) is 17.6 Å². The van der Waals surface area contributed by atoms with E-state index in [4.69, 9.17) is 5.21 Å². The zero-order chi connectivity index (χ0) is 23.3. The molecule has 0 spiro atoms. The van der Waals surface area contributed by atoms with Crippen molar-refractivity contribution >= 4 is 33.3 Å². The fourth-order valence-corrected chi connectivity index (χ4v) is 4.29. The van der Waals surface area contributed by atoms with E-state index in [1.807, 2.05) is 6.92 Å². The van der Waals surface area contributed by atoms with E-state index in [9.17, 15) is 22.8 Å². The van der Waals surface area contributed by atoms with Gasteiger partial charge in [-0.3, -0.25) is 24.3 Å². The van der Waals surface area contributed by atoms with Crippen LogP contribution in [0.1, 0.15) is 24.0 Å². The molecule has 10 heteroatoms. The van der Waals surface area contributed by atoms with Crippen LogP contribution in [0.15, 0.2) is 65.1 Å². The number of Topliss-reactive ketones (excluding diaryl/α,β-unsaturated/α-hetero) is 1. The number of carbonyl (C=O) groups is 3. The number of nitrogens with one attached hydrogen (secondary N) is 2. The number of ketones is 1. The number of sulfonamides is 1. The maximum absolute atomic E-state index is 12.6. The van der Waals surface area contributed by atoms with Gasteiger partial charge in [0.2, 0.25) is 11.7 Å². The number of nitrogens with zero attached hydrogens (tertiary/aromatic N) is 1. The quantitative estimate of drug-likeness (QED) is 0.315. The summed E-state index contributed by atoms with van der Waals surface area (Å²) in [6, 6.07) is 13.2. The molecule has 1 aliphatic rings. The zero-order valence-electron chi connectivity index (χ0n) is 17.4. The Hall–Kier alpha value is -3.50. The number of hydroxylamine groups is 1. The van der Waals surface area contributed by atoms with Crippen molar-refractivity contribution in [1.29, 1.82) is 0 Å². The average molecular weight is 458 g/mol. The van der Waals surface area contributed by atoms with Crippen LogP contribution >= 0.6 is 0 Å². The predicted octanol–water partition coefficient (Wildman–Crippen LogP) is 1.92. The Morgan fingerprint density at radius 3 is 2.34 bits per heavy atom. The maximum Gasteiger partial charge on any atom is 0.311 e. The molecule has 0 radical (unpaired) electrons. The topological polar surface area (TPSA) is 133 Å². The maximum atomic E-state index is 12.6. The highest BCUT2D eigenvalue weighted by Crippen LogP contribution is 2.20. The summed E-state index contributed by atoms with van der Waals surface area (Å²) in [4.78, 5) is 37.2. The standard InChI is InChI=1S/C22H23N3O6S/c1-15-4-10-19(11-5-15)32(30,31)24-18-8-6-16(7-9-18)14-25-12-2-3-17(22(25)28)13-20(26)21(27)23-29/h3-11,24,29H,2,12-14H2,1H3,(H,23,27). The molecular weight excluding hydrogens is 434 g/mol. The van der Waals surface area contributed by atoms with Crippen LogP contribution in [-0.4, -0.2) is 42.7 Å². The molecule has 0 saturated heterocycles. The van der Waals surface area contributed by atoms with Gasteiger partial charge in [-0.15, -0.1) is 0 Å². The first-order valence-corrected chi connectivity index (χ1v) is 11.3. The third-order valence-electron chi connectivity index (χ3n) is 4.97. The van der Waals surface area contributed by atoms with Crippen molar-refractivity contribution in [2.24, 2.45) is 0 Å². The predicted molar refractivity (Wildman–Crippen MR) is 116 cm³/mol. The molecule has 0 saturated carbocycles. The molecule has 1 aliphatic heterocycles. The van der Waals surface area contributed by atoms with E-state index >= 15 is 0 Å². The minimum atomic E-state index is -3.71. The zero-order valence-corrected chi connectivity index (χ0v) is 18.2. The molecule has 0 bridgehead atoms. The normalized spacial score (nSPS) is 14.0. The lowest BCUT2D eigenvalue weighted by molar-refractivity contribution is -0.143. The summed E-state index contributed by atoms with van der Waals surface area (Å²) in [6.07, 6.45) is 1.76. The van der Waals surface area contributed by atoms with Crippen LogP contribution in [0, 0.1) is 6.92 Å². The number of carbonyl (C=O) groups excluding carboxylic acids is 3. The second kappa shape index (κ2) is 9.75. The van der Waals surface area contributed by atoms with Crippen molar-refractivity contribution in [2.45, 2.75) is 31.2 Å². The molecule has 0 atom stereocenters. The highest BCUT2D eigenvalue weighted by molar-refractivity contribution is 7.92. The lowest BCUT2D eigenvalue weighted by Gasteiger charge is -2.27. The van der Waals surface area contributed by atoms with Gasteiger partial charge in [-0.2, -0.15) is 0 Å². The molecule has 168 valence electrons. The molecule has 32 heavy (non-hydrogen) atoms. The van der Waals surface area contributed by atoms with Gasteiger partial charge >= 0.3 is 5.91 Å². The highest BCUT2D eigenvalue weighted by atomic mass is 32.2. The fraction of sp³-hybridized carbons (Fsp3) is 0.227. The molecule has 0 fully saturated rings. The van der Waals surface area contributed by atoms with E-state index in [1.54, 1.807) is 47.4 Å². The number of amides is 2. The Kier molecular flexibility index (Phi) is 7.06. The Balaban J connectivity index is 1.63. The van der Waals surface area contributed by atoms with Crippen LogP contribution in [0.5, 0.6) is 0 Å². The van der Waals surface area contributed by atoms with E-state index < -0.39 is 21.7 Å². The molecule has 0 aliphatic carbocycles. The molecule has 1 heterocycles. The largest absolute Gasteiger partial charge is 0.334 e. The Morgan fingerprint density at radius 1 is 1.06 bits per heavy atom. The molecule has 0 aromatic heterocycles. The summed E-state index contributed by atoms with van der Waals surface area (Å²) in [5, 5.41) is 8.54. The van der Waals surface area contributed by atoms with Crippen molar-refractivity contribution in [3.05, 3.63) is 71.3 Å². The van der Waals surface area contributed by atoms with Crippen LogP contribution < -0.4 is 10.2 Å². The summed E-state index contributed by atoms with van der Waals surface area (Å²) < 4.78 is 27.5. The first kappa shape index (κ1) is 23.2. The van der Waals surface area contributed by atoms with Gasteiger partial charge in [0.1, 0.15) is 0 Å². The molecular formula is C22H23N3O6S. The first-order valence-electron chi connectivity index (χ1n) is 9.83. The van der Waals surface area contributed by atoms with Gasteiger partial charge in [0.25, 0.3) is 10.0 Å². The van der Waals surface area contributed by atoms with E-state index in [0.717, 1.165) is 11.1 Å². The first-order chi connectivity index (χ1) is 15.2. The van der Waals surface area contributed by atoms with E-state index in [2.05, 4.69) is 4.72 Å². The minimum Gasteiger partial charge on any atom is -0.334 e. The fourth-order valence-electron chi connectivity index (χ4n) is 3.23. The molecule has 3 rings (SSSR count).